The minimum Gasteiger partial charge on any atom is -0.493 e. The summed E-state index contributed by atoms with van der Waals surface area (Å²) in [6, 6.07) is 9.40. The Kier molecular flexibility index (Phi) is 7.98. The van der Waals surface area contributed by atoms with E-state index < -0.39 is 24.3 Å². The molecule has 0 aliphatic carbocycles. The van der Waals surface area contributed by atoms with Crippen LogP contribution in [0.15, 0.2) is 49.1 Å². The van der Waals surface area contributed by atoms with Crippen LogP contribution in [-0.2, 0) is 22.6 Å². The lowest BCUT2D eigenvalue weighted by atomic mass is 10.0. The van der Waals surface area contributed by atoms with Crippen LogP contribution in [0.5, 0.6) is 11.5 Å². The number of ether oxygens (including phenoxy) is 3. The van der Waals surface area contributed by atoms with Gasteiger partial charge in [0.25, 0.3) is 5.91 Å². The number of aliphatic hydroxyl groups is 1. The topological polar surface area (TPSA) is 126 Å². The fourth-order valence-corrected chi connectivity index (χ4v) is 4.75. The second kappa shape index (κ2) is 11.3. The van der Waals surface area contributed by atoms with Crippen LogP contribution in [0.3, 0.4) is 0 Å². The van der Waals surface area contributed by atoms with Crippen LogP contribution < -0.4 is 14.4 Å². The normalized spacial score (nSPS) is 18.8. The molecular formula is C27H30N2O8. The van der Waals surface area contributed by atoms with Gasteiger partial charge >= 0.3 is 12.1 Å². The van der Waals surface area contributed by atoms with E-state index in [4.69, 9.17) is 19.3 Å². The molecule has 1 saturated heterocycles. The lowest BCUT2D eigenvalue weighted by Gasteiger charge is -2.38. The molecule has 1 fully saturated rings. The molecule has 1 unspecified atom stereocenters. The first-order valence-corrected chi connectivity index (χ1v) is 12.0. The molecule has 2 heterocycles. The Labute approximate surface area is 214 Å². The van der Waals surface area contributed by atoms with Crippen LogP contribution in [0.1, 0.15) is 40.7 Å². The molecular weight excluding hydrogens is 480 g/mol. The van der Waals surface area contributed by atoms with E-state index in [1.807, 2.05) is 0 Å². The van der Waals surface area contributed by atoms with E-state index in [1.165, 1.54) is 25.3 Å². The molecule has 37 heavy (non-hydrogen) atoms. The maximum Gasteiger partial charge on any atom is 0.416 e. The first kappa shape index (κ1) is 26.0. The summed E-state index contributed by atoms with van der Waals surface area (Å²) in [6.45, 7) is 4.04. The summed E-state index contributed by atoms with van der Waals surface area (Å²) in [7, 11) is 1.44. The van der Waals surface area contributed by atoms with Crippen molar-refractivity contribution in [3.8, 4) is 11.5 Å². The highest BCUT2D eigenvalue weighted by atomic mass is 16.6. The Balaban J connectivity index is 1.72. The van der Waals surface area contributed by atoms with E-state index >= 15 is 0 Å². The van der Waals surface area contributed by atoms with Gasteiger partial charge in [0.15, 0.2) is 17.7 Å². The van der Waals surface area contributed by atoms with Gasteiger partial charge in [-0.25, -0.2) is 9.69 Å². The standard InChI is InChI=1S/C27H30N2O8/c1-3-11-36-27(34)29-21-15-23(37-16-18-8-6-7-17(12-18)13-24(30)31)22(35-2)14-19(21)25(32)28-10-5-4-9-20(28)26(29)33/h3,6-8,12,14-15,20,26,33H,1,4-5,9-11,13,16H2,2H3,(H,30,31)/t20-,26?/m0/s1. The van der Waals surface area contributed by atoms with Crippen LogP contribution >= 0.6 is 0 Å². The van der Waals surface area contributed by atoms with Gasteiger partial charge in [-0.2, -0.15) is 0 Å². The summed E-state index contributed by atoms with van der Waals surface area (Å²) in [6.07, 6.45) is 1.32. The number of hydrogen-bond acceptors (Lipinski definition) is 7. The zero-order valence-corrected chi connectivity index (χ0v) is 20.6. The molecule has 0 spiro atoms. The second-order valence-corrected chi connectivity index (χ2v) is 8.91. The number of carbonyl (C=O) groups is 3. The Morgan fingerprint density at radius 1 is 1.16 bits per heavy atom. The quantitative estimate of drug-likeness (QED) is 0.518. The number of anilines is 1. The van der Waals surface area contributed by atoms with Crippen molar-refractivity contribution in [1.82, 2.24) is 4.90 Å². The van der Waals surface area contributed by atoms with E-state index in [9.17, 15) is 19.5 Å². The van der Waals surface area contributed by atoms with Crippen molar-refractivity contribution < 1.29 is 38.8 Å². The average molecular weight is 511 g/mol. The van der Waals surface area contributed by atoms with Crippen molar-refractivity contribution in [3.05, 3.63) is 65.7 Å². The molecule has 0 bridgehead atoms. The fourth-order valence-electron chi connectivity index (χ4n) is 4.75. The predicted molar refractivity (Wildman–Crippen MR) is 134 cm³/mol. The maximum atomic E-state index is 13.6. The number of benzene rings is 2. The number of aliphatic hydroxyl groups excluding tert-OH is 1. The van der Waals surface area contributed by atoms with Gasteiger partial charge in [-0.05, 0) is 36.5 Å². The molecule has 2 aromatic carbocycles. The number of rotatable bonds is 8. The molecule has 2 amide bonds. The molecule has 0 saturated carbocycles. The first-order valence-electron chi connectivity index (χ1n) is 12.0. The highest BCUT2D eigenvalue weighted by Gasteiger charge is 2.44. The number of carbonyl (C=O) groups excluding carboxylic acids is 2. The monoisotopic (exact) mass is 510 g/mol. The van der Waals surface area contributed by atoms with Gasteiger partial charge < -0.3 is 29.3 Å². The van der Waals surface area contributed by atoms with Gasteiger partial charge in [-0.3, -0.25) is 9.59 Å². The molecule has 0 aromatic heterocycles. The third kappa shape index (κ3) is 5.54. The lowest BCUT2D eigenvalue weighted by molar-refractivity contribution is -0.136. The predicted octanol–water partition coefficient (Wildman–Crippen LogP) is 3.36. The van der Waals surface area contributed by atoms with Crippen molar-refractivity contribution in [3.63, 3.8) is 0 Å². The van der Waals surface area contributed by atoms with Crippen molar-refractivity contribution in [1.29, 1.82) is 0 Å². The third-order valence-electron chi connectivity index (χ3n) is 6.45. The molecule has 2 aliphatic rings. The summed E-state index contributed by atoms with van der Waals surface area (Å²) in [5.74, 6) is -0.734. The first-order chi connectivity index (χ1) is 17.8. The van der Waals surface area contributed by atoms with E-state index in [-0.39, 0.29) is 48.3 Å². The molecule has 2 N–H and O–H groups in total. The number of hydrogen-bond donors (Lipinski definition) is 2. The van der Waals surface area contributed by atoms with Crippen LogP contribution in [0.4, 0.5) is 10.5 Å². The molecule has 4 rings (SSSR count). The smallest absolute Gasteiger partial charge is 0.416 e. The number of carboxylic acids is 1. The number of nitrogens with zero attached hydrogens (tertiary/aromatic N) is 2. The minimum absolute atomic E-state index is 0.0636. The summed E-state index contributed by atoms with van der Waals surface area (Å²) < 4.78 is 16.8. The maximum absolute atomic E-state index is 13.6. The Morgan fingerprint density at radius 2 is 1.95 bits per heavy atom. The van der Waals surface area contributed by atoms with Crippen molar-refractivity contribution in [2.45, 2.75) is 44.6 Å². The Bertz CT molecular complexity index is 1200. The molecule has 10 heteroatoms. The van der Waals surface area contributed by atoms with Gasteiger partial charge in [-0.1, -0.05) is 36.9 Å². The summed E-state index contributed by atoms with van der Waals surface area (Å²) in [5, 5.41) is 20.4. The summed E-state index contributed by atoms with van der Waals surface area (Å²) >= 11 is 0. The SMILES string of the molecule is C=CCOC(=O)N1c2cc(OCc3cccc(CC(=O)O)c3)c(OC)cc2C(=O)N2CCCC[C@H]2C1O. The molecule has 196 valence electrons. The van der Waals surface area contributed by atoms with Gasteiger partial charge in [0.05, 0.1) is 30.8 Å². The number of piperidine rings is 1. The number of methoxy groups -OCH3 is 1. The summed E-state index contributed by atoms with van der Waals surface area (Å²) in [5.41, 5.74) is 1.69. The molecule has 2 atom stereocenters. The molecule has 10 nitrogen and oxygen atoms in total. The van der Waals surface area contributed by atoms with Crippen LogP contribution in [0.2, 0.25) is 0 Å². The van der Waals surface area contributed by atoms with Crippen LogP contribution in [0, 0.1) is 0 Å². The Morgan fingerprint density at radius 3 is 2.68 bits per heavy atom. The third-order valence-corrected chi connectivity index (χ3v) is 6.45. The van der Waals surface area contributed by atoms with Crippen molar-refractivity contribution in [2.75, 3.05) is 25.2 Å². The number of carboxylic acid groups (broad SMARTS) is 1. The van der Waals surface area contributed by atoms with E-state index in [0.29, 0.717) is 18.5 Å². The van der Waals surface area contributed by atoms with E-state index in [2.05, 4.69) is 6.58 Å². The average Bonchev–Trinajstić information content (AvgIpc) is 2.98. The van der Waals surface area contributed by atoms with Gasteiger partial charge in [0.2, 0.25) is 0 Å². The van der Waals surface area contributed by atoms with Gasteiger partial charge in [0, 0.05) is 12.6 Å². The molecule has 2 aromatic rings. The van der Waals surface area contributed by atoms with Crippen LogP contribution in [0.25, 0.3) is 0 Å². The zero-order chi connectivity index (χ0) is 26.5. The fraction of sp³-hybridized carbons (Fsp3) is 0.370. The van der Waals surface area contributed by atoms with E-state index in [1.54, 1.807) is 29.2 Å². The van der Waals surface area contributed by atoms with Crippen molar-refractivity contribution >= 4 is 23.7 Å². The van der Waals surface area contributed by atoms with Crippen LogP contribution in [-0.4, -0.2) is 65.6 Å². The zero-order valence-electron chi connectivity index (χ0n) is 20.6. The Hall–Kier alpha value is -4.05. The van der Waals surface area contributed by atoms with Gasteiger partial charge in [0.1, 0.15) is 13.2 Å². The molecule has 2 aliphatic heterocycles. The van der Waals surface area contributed by atoms with Gasteiger partial charge in [-0.15, -0.1) is 0 Å². The number of fused-ring (bicyclic) bond motifs is 2. The number of amides is 2. The number of aliphatic carboxylic acids is 1. The largest absolute Gasteiger partial charge is 0.493 e. The highest BCUT2D eigenvalue weighted by Crippen LogP contribution is 2.41. The van der Waals surface area contributed by atoms with E-state index in [0.717, 1.165) is 23.3 Å². The second-order valence-electron chi connectivity index (χ2n) is 8.91. The van der Waals surface area contributed by atoms with Crippen molar-refractivity contribution in [2.24, 2.45) is 0 Å². The summed E-state index contributed by atoms with van der Waals surface area (Å²) in [4.78, 5) is 40.4. The highest BCUT2D eigenvalue weighted by molar-refractivity contribution is 6.06. The minimum atomic E-state index is -1.32. The molecule has 0 radical (unpaired) electrons. The lowest BCUT2D eigenvalue weighted by Crippen LogP contribution is -2.55.